The molecule has 0 saturated carbocycles. The molecule has 15 heavy (non-hydrogen) atoms. The molecule has 0 amide bonds. The van der Waals surface area contributed by atoms with Gasteiger partial charge < -0.3 is 5.73 Å². The van der Waals surface area contributed by atoms with Crippen molar-refractivity contribution in [2.24, 2.45) is 5.73 Å². The number of nitrogens with two attached hydrogens (primary N) is 1. The van der Waals surface area contributed by atoms with Crippen LogP contribution in [0.4, 0.5) is 0 Å². The molecule has 2 unspecified atom stereocenters. The van der Waals surface area contributed by atoms with Crippen molar-refractivity contribution in [3.05, 3.63) is 0 Å². The maximum Gasteiger partial charge on any atom is 0.215 e. The molecule has 90 valence electrons. The van der Waals surface area contributed by atoms with E-state index in [2.05, 4.69) is 4.72 Å². The van der Waals surface area contributed by atoms with Crippen molar-refractivity contribution in [3.63, 3.8) is 0 Å². The Labute approximate surface area is 100 Å². The van der Waals surface area contributed by atoms with Crippen LogP contribution < -0.4 is 10.5 Å². The summed E-state index contributed by atoms with van der Waals surface area (Å²) in [5.41, 5.74) is 5.34. The normalized spacial score (nSPS) is 25.1. The molecule has 4 nitrogen and oxygen atoms in total. The van der Waals surface area contributed by atoms with Crippen molar-refractivity contribution in [2.45, 2.75) is 17.4 Å². The first-order valence-corrected chi connectivity index (χ1v) is 8.69. The summed E-state index contributed by atoms with van der Waals surface area (Å²) in [6, 6.07) is 0. The summed E-state index contributed by atoms with van der Waals surface area (Å²) in [4.78, 5) is 0. The number of hydrogen-bond acceptors (Lipinski definition) is 5. The molecular formula is C8H18N2O2S3. The van der Waals surface area contributed by atoms with Crippen LogP contribution in [0, 0.1) is 0 Å². The van der Waals surface area contributed by atoms with Gasteiger partial charge in [-0.3, -0.25) is 0 Å². The summed E-state index contributed by atoms with van der Waals surface area (Å²) < 4.78 is 25.8. The molecular weight excluding hydrogens is 252 g/mol. The third kappa shape index (κ3) is 4.52. The quantitative estimate of drug-likeness (QED) is 0.741. The van der Waals surface area contributed by atoms with Crippen LogP contribution in [0.5, 0.6) is 0 Å². The second kappa shape index (κ2) is 6.34. The number of rotatable bonds is 5. The molecule has 0 aromatic carbocycles. The molecule has 0 aromatic heterocycles. The number of hydrogen-bond donors (Lipinski definition) is 2. The highest BCUT2D eigenvalue weighted by Crippen LogP contribution is 2.23. The van der Waals surface area contributed by atoms with Crippen molar-refractivity contribution in [3.8, 4) is 0 Å². The Balaban J connectivity index is 2.35. The summed E-state index contributed by atoms with van der Waals surface area (Å²) >= 11 is 3.73. The van der Waals surface area contributed by atoms with E-state index in [9.17, 15) is 8.42 Å². The first kappa shape index (κ1) is 13.6. The van der Waals surface area contributed by atoms with Crippen LogP contribution in [0.1, 0.15) is 6.92 Å². The fraction of sp³-hybridized carbons (Fsp3) is 1.00. The minimum atomic E-state index is -3.21. The minimum Gasteiger partial charge on any atom is -0.329 e. The molecule has 3 N–H and O–H groups in total. The minimum absolute atomic E-state index is 0.169. The predicted molar refractivity (Wildman–Crippen MR) is 69.0 cm³/mol. The third-order valence-electron chi connectivity index (χ3n) is 2.26. The molecule has 1 rings (SSSR count). The highest BCUT2D eigenvalue weighted by atomic mass is 32.2. The third-order valence-corrected chi connectivity index (χ3v) is 6.92. The van der Waals surface area contributed by atoms with Crippen LogP contribution in [-0.2, 0) is 10.0 Å². The lowest BCUT2D eigenvalue weighted by atomic mass is 10.5. The van der Waals surface area contributed by atoms with Crippen LogP contribution in [0.3, 0.4) is 0 Å². The Kier molecular flexibility index (Phi) is 5.76. The van der Waals surface area contributed by atoms with Crippen LogP contribution in [0.2, 0.25) is 0 Å². The zero-order valence-electron chi connectivity index (χ0n) is 8.81. The van der Waals surface area contributed by atoms with Gasteiger partial charge in [0.2, 0.25) is 10.0 Å². The van der Waals surface area contributed by atoms with E-state index in [0.29, 0.717) is 11.8 Å². The van der Waals surface area contributed by atoms with Crippen molar-refractivity contribution in [1.29, 1.82) is 0 Å². The van der Waals surface area contributed by atoms with Gasteiger partial charge in [0.25, 0.3) is 0 Å². The highest BCUT2D eigenvalue weighted by molar-refractivity contribution is 8.06. The smallest absolute Gasteiger partial charge is 0.215 e. The Morgan fingerprint density at radius 1 is 1.53 bits per heavy atom. The number of sulfonamides is 1. The molecule has 0 spiro atoms. The average molecular weight is 270 g/mol. The molecule has 2 atom stereocenters. The van der Waals surface area contributed by atoms with E-state index < -0.39 is 15.3 Å². The second-order valence-corrected chi connectivity index (χ2v) is 8.25. The lowest BCUT2D eigenvalue weighted by Crippen LogP contribution is -2.40. The maximum atomic E-state index is 11.6. The van der Waals surface area contributed by atoms with E-state index >= 15 is 0 Å². The molecule has 1 aliphatic heterocycles. The topological polar surface area (TPSA) is 72.2 Å². The summed E-state index contributed by atoms with van der Waals surface area (Å²) in [6.45, 7) is 2.33. The van der Waals surface area contributed by atoms with E-state index in [4.69, 9.17) is 5.73 Å². The molecule has 0 bridgehead atoms. The number of nitrogens with one attached hydrogen (secondary N) is 1. The number of thioether (sulfide) groups is 2. The Hall–Kier alpha value is 0.570. The van der Waals surface area contributed by atoms with Crippen molar-refractivity contribution in [1.82, 2.24) is 4.72 Å². The van der Waals surface area contributed by atoms with Gasteiger partial charge in [0.1, 0.15) is 0 Å². The van der Waals surface area contributed by atoms with E-state index in [1.165, 1.54) is 5.75 Å². The van der Waals surface area contributed by atoms with E-state index in [1.54, 1.807) is 6.92 Å². The van der Waals surface area contributed by atoms with Gasteiger partial charge in [0.15, 0.2) is 0 Å². The fourth-order valence-electron chi connectivity index (χ4n) is 1.13. The van der Waals surface area contributed by atoms with Gasteiger partial charge in [-0.05, 0) is 6.92 Å². The fourth-order valence-corrected chi connectivity index (χ4v) is 4.82. The largest absolute Gasteiger partial charge is 0.329 e. The molecule has 0 aliphatic carbocycles. The van der Waals surface area contributed by atoms with E-state index in [-0.39, 0.29) is 6.54 Å². The van der Waals surface area contributed by atoms with Gasteiger partial charge in [-0.15, -0.1) is 0 Å². The molecule has 1 fully saturated rings. The van der Waals surface area contributed by atoms with Crippen molar-refractivity contribution >= 4 is 33.5 Å². The molecule has 0 aromatic rings. The second-order valence-electron chi connectivity index (χ2n) is 3.51. The predicted octanol–water partition coefficient (Wildman–Crippen LogP) is 0.102. The maximum absolute atomic E-state index is 11.6. The van der Waals surface area contributed by atoms with Crippen LogP contribution >= 0.6 is 23.5 Å². The first-order valence-electron chi connectivity index (χ1n) is 4.94. The zero-order valence-corrected chi connectivity index (χ0v) is 11.3. The lowest BCUT2D eigenvalue weighted by molar-refractivity contribution is 0.569. The zero-order chi connectivity index (χ0) is 11.3. The molecule has 1 aliphatic rings. The molecule has 1 heterocycles. The highest BCUT2D eigenvalue weighted by Gasteiger charge is 2.21. The Bertz CT molecular complexity index is 276. The van der Waals surface area contributed by atoms with Gasteiger partial charge >= 0.3 is 0 Å². The SMILES string of the molecule is CC(CN)S(=O)(=O)NCC1CSCCS1. The summed E-state index contributed by atoms with van der Waals surface area (Å²) in [6.07, 6.45) is 0. The van der Waals surface area contributed by atoms with E-state index in [0.717, 1.165) is 11.5 Å². The first-order chi connectivity index (χ1) is 7.06. The van der Waals surface area contributed by atoms with Gasteiger partial charge in [0.05, 0.1) is 5.25 Å². The van der Waals surface area contributed by atoms with Gasteiger partial charge in [-0.1, -0.05) is 0 Å². The molecule has 1 saturated heterocycles. The van der Waals surface area contributed by atoms with Gasteiger partial charge in [-0.25, -0.2) is 13.1 Å². The summed E-state index contributed by atoms with van der Waals surface area (Å²) in [5, 5.41) is -0.0951. The van der Waals surface area contributed by atoms with Gasteiger partial charge in [-0.2, -0.15) is 23.5 Å². The van der Waals surface area contributed by atoms with Crippen LogP contribution in [-0.4, -0.2) is 49.3 Å². The monoisotopic (exact) mass is 270 g/mol. The van der Waals surface area contributed by atoms with Crippen molar-refractivity contribution in [2.75, 3.05) is 30.3 Å². The van der Waals surface area contributed by atoms with Crippen LogP contribution in [0.15, 0.2) is 0 Å². The summed E-state index contributed by atoms with van der Waals surface area (Å²) in [5.74, 6) is 3.32. The van der Waals surface area contributed by atoms with Crippen molar-refractivity contribution < 1.29 is 8.42 Å². The molecule has 0 radical (unpaired) electrons. The summed E-state index contributed by atoms with van der Waals surface area (Å²) in [7, 11) is -3.21. The Morgan fingerprint density at radius 2 is 2.27 bits per heavy atom. The molecule has 7 heteroatoms. The Morgan fingerprint density at radius 3 is 2.80 bits per heavy atom. The average Bonchev–Trinajstić information content (AvgIpc) is 2.27. The van der Waals surface area contributed by atoms with E-state index in [1.807, 2.05) is 23.5 Å². The van der Waals surface area contributed by atoms with Gasteiger partial charge in [0, 0.05) is 35.6 Å². The standard InChI is InChI=1S/C8H18N2O2S3/c1-7(4-9)15(11,12)10-5-8-6-13-2-3-14-8/h7-8,10H,2-6,9H2,1H3. The van der Waals surface area contributed by atoms with Crippen LogP contribution in [0.25, 0.3) is 0 Å². The lowest BCUT2D eigenvalue weighted by Gasteiger charge is -2.22.